The molecule has 1 saturated carbocycles. The lowest BCUT2D eigenvalue weighted by Crippen LogP contribution is -2.37. The molecule has 0 amide bonds. The van der Waals surface area contributed by atoms with E-state index in [-0.39, 0.29) is 0 Å². The summed E-state index contributed by atoms with van der Waals surface area (Å²) >= 11 is 0. The molecule has 20 heavy (non-hydrogen) atoms. The SMILES string of the molecule is CN=C(NCc1cccc2cccnc12)NCC1CC1. The Bertz CT molecular complexity index is 611. The van der Waals surface area contributed by atoms with E-state index in [1.54, 1.807) is 0 Å². The van der Waals surface area contributed by atoms with Crippen LogP contribution in [0.4, 0.5) is 0 Å². The number of benzene rings is 1. The van der Waals surface area contributed by atoms with Gasteiger partial charge in [-0.25, -0.2) is 0 Å². The Morgan fingerprint density at radius 3 is 2.90 bits per heavy atom. The highest BCUT2D eigenvalue weighted by Crippen LogP contribution is 2.27. The highest BCUT2D eigenvalue weighted by molar-refractivity contribution is 5.83. The highest BCUT2D eigenvalue weighted by Gasteiger charge is 2.21. The van der Waals surface area contributed by atoms with E-state index in [0.29, 0.717) is 0 Å². The Morgan fingerprint density at radius 2 is 2.10 bits per heavy atom. The normalized spacial score (nSPS) is 15.3. The van der Waals surface area contributed by atoms with Crippen LogP contribution in [0.25, 0.3) is 10.9 Å². The van der Waals surface area contributed by atoms with Crippen LogP contribution in [0, 0.1) is 5.92 Å². The second-order valence-electron chi connectivity index (χ2n) is 5.24. The standard InChI is InChI=1S/C16H20N4/c1-17-16(19-10-12-7-8-12)20-11-14-5-2-4-13-6-3-9-18-15(13)14/h2-6,9,12H,7-8,10-11H2,1H3,(H2,17,19,20). The number of guanidine groups is 1. The quantitative estimate of drug-likeness (QED) is 0.661. The average molecular weight is 268 g/mol. The Kier molecular flexibility index (Phi) is 3.81. The molecule has 0 saturated heterocycles. The minimum atomic E-state index is 0.735. The molecule has 1 aromatic heterocycles. The Labute approximate surface area is 119 Å². The zero-order chi connectivity index (χ0) is 13.8. The molecule has 1 heterocycles. The third-order valence-electron chi connectivity index (χ3n) is 3.64. The average Bonchev–Trinajstić information content (AvgIpc) is 3.32. The lowest BCUT2D eigenvalue weighted by Gasteiger charge is -2.12. The summed E-state index contributed by atoms with van der Waals surface area (Å²) in [4.78, 5) is 8.73. The summed E-state index contributed by atoms with van der Waals surface area (Å²) in [6.45, 7) is 1.76. The molecule has 3 rings (SSSR count). The number of pyridine rings is 1. The Hall–Kier alpha value is -2.10. The van der Waals surface area contributed by atoms with Crippen molar-refractivity contribution in [2.75, 3.05) is 13.6 Å². The molecule has 0 unspecified atom stereocenters. The molecule has 0 spiro atoms. The van der Waals surface area contributed by atoms with E-state index in [2.05, 4.69) is 44.9 Å². The van der Waals surface area contributed by atoms with Crippen molar-refractivity contribution >= 4 is 16.9 Å². The summed E-state index contributed by atoms with van der Waals surface area (Å²) in [7, 11) is 1.81. The summed E-state index contributed by atoms with van der Waals surface area (Å²) in [5.41, 5.74) is 2.25. The number of rotatable bonds is 4. The number of nitrogens with one attached hydrogen (secondary N) is 2. The molecule has 1 aliphatic rings. The third-order valence-corrected chi connectivity index (χ3v) is 3.64. The van der Waals surface area contributed by atoms with Crippen molar-refractivity contribution in [3.63, 3.8) is 0 Å². The summed E-state index contributed by atoms with van der Waals surface area (Å²) in [5.74, 6) is 1.71. The monoisotopic (exact) mass is 268 g/mol. The maximum absolute atomic E-state index is 4.47. The Morgan fingerprint density at radius 1 is 1.25 bits per heavy atom. The molecule has 0 bridgehead atoms. The molecule has 1 aliphatic carbocycles. The fourth-order valence-electron chi connectivity index (χ4n) is 2.27. The highest BCUT2D eigenvalue weighted by atomic mass is 15.2. The van der Waals surface area contributed by atoms with Crippen LogP contribution in [0.5, 0.6) is 0 Å². The molecular formula is C16H20N4. The lowest BCUT2D eigenvalue weighted by atomic mass is 10.1. The molecule has 1 fully saturated rings. The lowest BCUT2D eigenvalue weighted by molar-refractivity contribution is 0.738. The molecule has 2 aromatic rings. The summed E-state index contributed by atoms with van der Waals surface area (Å²) < 4.78 is 0. The molecule has 2 N–H and O–H groups in total. The van der Waals surface area contributed by atoms with Crippen molar-refractivity contribution in [2.45, 2.75) is 19.4 Å². The zero-order valence-electron chi connectivity index (χ0n) is 11.8. The molecule has 0 aliphatic heterocycles. The van der Waals surface area contributed by atoms with Gasteiger partial charge in [0.2, 0.25) is 0 Å². The first kappa shape index (κ1) is 12.9. The maximum Gasteiger partial charge on any atom is 0.191 e. The van der Waals surface area contributed by atoms with Crippen molar-refractivity contribution in [1.82, 2.24) is 15.6 Å². The van der Waals surface area contributed by atoms with Gasteiger partial charge in [-0.1, -0.05) is 24.3 Å². The predicted octanol–water partition coefficient (Wildman–Crippen LogP) is 2.31. The van der Waals surface area contributed by atoms with Crippen molar-refractivity contribution in [2.24, 2.45) is 10.9 Å². The van der Waals surface area contributed by atoms with Crippen LogP contribution in [-0.2, 0) is 6.54 Å². The van der Waals surface area contributed by atoms with E-state index < -0.39 is 0 Å². The van der Waals surface area contributed by atoms with Crippen LogP contribution in [0.15, 0.2) is 41.5 Å². The largest absolute Gasteiger partial charge is 0.356 e. The van der Waals surface area contributed by atoms with Gasteiger partial charge in [-0.15, -0.1) is 0 Å². The summed E-state index contributed by atoms with van der Waals surface area (Å²) in [6.07, 6.45) is 4.53. The Balaban J connectivity index is 1.66. The molecule has 0 atom stereocenters. The molecule has 4 heteroatoms. The fourth-order valence-corrected chi connectivity index (χ4v) is 2.27. The smallest absolute Gasteiger partial charge is 0.191 e. The van der Waals surface area contributed by atoms with E-state index >= 15 is 0 Å². The van der Waals surface area contributed by atoms with Gasteiger partial charge >= 0.3 is 0 Å². The predicted molar refractivity (Wildman–Crippen MR) is 82.7 cm³/mol. The van der Waals surface area contributed by atoms with Gasteiger partial charge in [0.1, 0.15) is 0 Å². The first-order valence-corrected chi connectivity index (χ1v) is 7.14. The first-order chi connectivity index (χ1) is 9.86. The number of nitrogens with zero attached hydrogens (tertiary/aromatic N) is 2. The number of para-hydroxylation sites is 1. The molecule has 0 radical (unpaired) electrons. The van der Waals surface area contributed by atoms with Crippen LogP contribution in [0.2, 0.25) is 0 Å². The minimum Gasteiger partial charge on any atom is -0.356 e. The topological polar surface area (TPSA) is 49.3 Å². The minimum absolute atomic E-state index is 0.735. The molecule has 1 aromatic carbocycles. The first-order valence-electron chi connectivity index (χ1n) is 7.14. The van der Waals surface area contributed by atoms with E-state index in [1.165, 1.54) is 23.8 Å². The maximum atomic E-state index is 4.47. The van der Waals surface area contributed by atoms with Crippen LogP contribution >= 0.6 is 0 Å². The van der Waals surface area contributed by atoms with Gasteiger partial charge in [0, 0.05) is 31.7 Å². The third kappa shape index (κ3) is 3.07. The van der Waals surface area contributed by atoms with Gasteiger partial charge in [0.25, 0.3) is 0 Å². The number of fused-ring (bicyclic) bond motifs is 1. The number of hydrogen-bond acceptors (Lipinski definition) is 2. The zero-order valence-corrected chi connectivity index (χ0v) is 11.8. The van der Waals surface area contributed by atoms with E-state index in [9.17, 15) is 0 Å². The van der Waals surface area contributed by atoms with Gasteiger partial charge in [-0.2, -0.15) is 0 Å². The summed E-state index contributed by atoms with van der Waals surface area (Å²) in [6, 6.07) is 10.3. The second kappa shape index (κ2) is 5.90. The van der Waals surface area contributed by atoms with E-state index in [1.807, 2.05) is 19.3 Å². The van der Waals surface area contributed by atoms with Crippen LogP contribution in [0.3, 0.4) is 0 Å². The van der Waals surface area contributed by atoms with Gasteiger partial charge < -0.3 is 10.6 Å². The van der Waals surface area contributed by atoms with Gasteiger partial charge in [0.05, 0.1) is 5.52 Å². The van der Waals surface area contributed by atoms with Crippen LogP contribution < -0.4 is 10.6 Å². The molecular weight excluding hydrogens is 248 g/mol. The van der Waals surface area contributed by atoms with Crippen molar-refractivity contribution in [3.05, 3.63) is 42.1 Å². The van der Waals surface area contributed by atoms with Crippen molar-refractivity contribution < 1.29 is 0 Å². The van der Waals surface area contributed by atoms with Crippen molar-refractivity contribution in [1.29, 1.82) is 0 Å². The van der Waals surface area contributed by atoms with Gasteiger partial charge in [-0.05, 0) is 30.4 Å². The number of aliphatic imine (C=N–C) groups is 1. The van der Waals surface area contributed by atoms with Crippen LogP contribution in [-0.4, -0.2) is 24.5 Å². The number of aromatic nitrogens is 1. The van der Waals surface area contributed by atoms with E-state index in [4.69, 9.17) is 0 Å². The molecule has 4 nitrogen and oxygen atoms in total. The molecule has 104 valence electrons. The number of hydrogen-bond donors (Lipinski definition) is 2. The van der Waals surface area contributed by atoms with Gasteiger partial charge in [-0.3, -0.25) is 9.98 Å². The van der Waals surface area contributed by atoms with Crippen molar-refractivity contribution in [3.8, 4) is 0 Å². The van der Waals surface area contributed by atoms with Crippen LogP contribution in [0.1, 0.15) is 18.4 Å². The second-order valence-corrected chi connectivity index (χ2v) is 5.24. The van der Waals surface area contributed by atoms with E-state index in [0.717, 1.165) is 30.5 Å². The summed E-state index contributed by atoms with van der Waals surface area (Å²) in [5, 5.41) is 7.90. The van der Waals surface area contributed by atoms with Gasteiger partial charge in [0.15, 0.2) is 5.96 Å². The fraction of sp³-hybridized carbons (Fsp3) is 0.375.